The third-order valence-corrected chi connectivity index (χ3v) is 2.96. The van der Waals surface area contributed by atoms with Crippen molar-refractivity contribution in [1.29, 1.82) is 5.26 Å². The average Bonchev–Trinajstić information content (AvgIpc) is 2.49. The zero-order chi connectivity index (χ0) is 13.5. The van der Waals surface area contributed by atoms with E-state index in [0.717, 1.165) is 11.1 Å². The number of nitriles is 1. The minimum absolute atomic E-state index is 0.558. The first kappa shape index (κ1) is 13.3. The molecule has 19 heavy (non-hydrogen) atoms. The van der Waals surface area contributed by atoms with Crippen LogP contribution in [0.15, 0.2) is 60.7 Å². The molecule has 2 atom stereocenters. The van der Waals surface area contributed by atoms with Crippen molar-refractivity contribution in [2.45, 2.75) is 18.7 Å². The third kappa shape index (κ3) is 3.65. The molecule has 0 saturated carbocycles. The molecule has 0 aromatic heterocycles. The van der Waals surface area contributed by atoms with Gasteiger partial charge in [0.2, 0.25) is 0 Å². The fourth-order valence-electron chi connectivity index (χ4n) is 1.89. The van der Waals surface area contributed by atoms with Gasteiger partial charge in [-0.25, -0.2) is 0 Å². The molecule has 0 radical (unpaired) electrons. The fraction of sp³-hybridized carbons (Fsp3) is 0.188. The molecule has 0 saturated heterocycles. The second-order valence-corrected chi connectivity index (χ2v) is 4.33. The molecule has 0 bridgehead atoms. The Kier molecular flexibility index (Phi) is 4.68. The van der Waals surface area contributed by atoms with Gasteiger partial charge < -0.3 is 5.11 Å². The smallest absolute Gasteiger partial charge is 0.126 e. The number of hydrogen-bond donors (Lipinski definition) is 2. The van der Waals surface area contributed by atoms with Crippen molar-refractivity contribution in [1.82, 2.24) is 5.32 Å². The molecule has 2 aromatic carbocycles. The zero-order valence-corrected chi connectivity index (χ0v) is 10.5. The third-order valence-electron chi connectivity index (χ3n) is 2.96. The van der Waals surface area contributed by atoms with Crippen molar-refractivity contribution in [3.63, 3.8) is 0 Å². The summed E-state index contributed by atoms with van der Waals surface area (Å²) in [5.41, 5.74) is 1.83. The van der Waals surface area contributed by atoms with Crippen LogP contribution in [-0.2, 0) is 6.54 Å². The highest BCUT2D eigenvalue weighted by molar-refractivity contribution is 5.22. The summed E-state index contributed by atoms with van der Waals surface area (Å²) in [6.45, 7) is 0.558. The van der Waals surface area contributed by atoms with Gasteiger partial charge in [0.15, 0.2) is 0 Å². The summed E-state index contributed by atoms with van der Waals surface area (Å²) >= 11 is 0. The second-order valence-electron chi connectivity index (χ2n) is 4.33. The van der Waals surface area contributed by atoms with E-state index in [-0.39, 0.29) is 0 Å². The summed E-state index contributed by atoms with van der Waals surface area (Å²) in [6.07, 6.45) is -0.824. The van der Waals surface area contributed by atoms with E-state index in [1.807, 2.05) is 60.7 Å². The van der Waals surface area contributed by atoms with Gasteiger partial charge in [-0.15, -0.1) is 0 Å². The van der Waals surface area contributed by atoms with Gasteiger partial charge in [-0.1, -0.05) is 60.7 Å². The molecule has 3 nitrogen and oxygen atoms in total. The maximum Gasteiger partial charge on any atom is 0.126 e. The standard InChI is InChI=1S/C16H16N2O/c17-11-15(16(19)14-9-5-2-6-10-14)18-12-13-7-3-1-4-8-13/h1-10,15-16,18-19H,12H2/t15-,16+/m0/s1. The van der Waals surface area contributed by atoms with Gasteiger partial charge >= 0.3 is 0 Å². The Balaban J connectivity index is 1.99. The maximum absolute atomic E-state index is 10.2. The minimum Gasteiger partial charge on any atom is -0.386 e. The molecule has 96 valence electrons. The summed E-state index contributed by atoms with van der Waals surface area (Å²) in [5, 5.41) is 22.4. The number of hydrogen-bond acceptors (Lipinski definition) is 3. The molecule has 0 aliphatic heterocycles. The number of rotatable bonds is 5. The summed E-state index contributed by atoms with van der Waals surface area (Å²) < 4.78 is 0. The molecule has 2 rings (SSSR count). The average molecular weight is 252 g/mol. The van der Waals surface area contributed by atoms with Crippen molar-refractivity contribution in [2.24, 2.45) is 0 Å². The van der Waals surface area contributed by atoms with Crippen LogP contribution in [-0.4, -0.2) is 11.1 Å². The molecule has 3 heteroatoms. The van der Waals surface area contributed by atoms with Crippen LogP contribution in [0.25, 0.3) is 0 Å². The second kappa shape index (κ2) is 6.69. The van der Waals surface area contributed by atoms with Crippen LogP contribution in [0.4, 0.5) is 0 Å². The van der Waals surface area contributed by atoms with Crippen molar-refractivity contribution >= 4 is 0 Å². The molecule has 0 amide bonds. The first-order chi connectivity index (χ1) is 9.31. The molecule has 0 unspecified atom stereocenters. The number of nitrogens with one attached hydrogen (secondary N) is 1. The highest BCUT2D eigenvalue weighted by Gasteiger charge is 2.19. The predicted molar refractivity (Wildman–Crippen MR) is 74.1 cm³/mol. The zero-order valence-electron chi connectivity index (χ0n) is 10.5. The van der Waals surface area contributed by atoms with Gasteiger partial charge in [-0.3, -0.25) is 5.32 Å². The fourth-order valence-corrected chi connectivity index (χ4v) is 1.89. The Morgan fingerprint density at radius 1 is 1.00 bits per heavy atom. The van der Waals surface area contributed by atoms with E-state index in [9.17, 15) is 5.11 Å². The van der Waals surface area contributed by atoms with Crippen molar-refractivity contribution in [3.8, 4) is 6.07 Å². The van der Waals surface area contributed by atoms with Crippen molar-refractivity contribution < 1.29 is 5.11 Å². The monoisotopic (exact) mass is 252 g/mol. The molecule has 2 N–H and O–H groups in total. The molecule has 0 spiro atoms. The molecule has 0 aliphatic rings. The summed E-state index contributed by atoms with van der Waals surface area (Å²) in [5.74, 6) is 0. The van der Waals surface area contributed by atoms with Crippen LogP contribution in [0.2, 0.25) is 0 Å². The Morgan fingerprint density at radius 3 is 2.16 bits per heavy atom. The lowest BCUT2D eigenvalue weighted by molar-refractivity contribution is 0.149. The number of aliphatic hydroxyl groups is 1. The van der Waals surface area contributed by atoms with Crippen LogP contribution < -0.4 is 5.32 Å². The van der Waals surface area contributed by atoms with Gasteiger partial charge in [0.1, 0.15) is 12.1 Å². The van der Waals surface area contributed by atoms with Crippen LogP contribution in [0.1, 0.15) is 17.2 Å². The van der Waals surface area contributed by atoms with Crippen LogP contribution >= 0.6 is 0 Å². The SMILES string of the molecule is N#C[C@H](NCc1ccccc1)[C@H](O)c1ccccc1. The number of benzene rings is 2. The van der Waals surface area contributed by atoms with Gasteiger partial charge in [0.25, 0.3) is 0 Å². The van der Waals surface area contributed by atoms with Crippen LogP contribution in [0, 0.1) is 11.3 Å². The largest absolute Gasteiger partial charge is 0.386 e. The van der Waals surface area contributed by atoms with E-state index in [1.165, 1.54) is 0 Å². The quantitative estimate of drug-likeness (QED) is 0.859. The van der Waals surface area contributed by atoms with Gasteiger partial charge in [-0.05, 0) is 11.1 Å². The van der Waals surface area contributed by atoms with Crippen LogP contribution in [0.5, 0.6) is 0 Å². The molecule has 0 aliphatic carbocycles. The Bertz CT molecular complexity index is 534. The van der Waals surface area contributed by atoms with Crippen molar-refractivity contribution in [3.05, 3.63) is 71.8 Å². The van der Waals surface area contributed by atoms with Gasteiger partial charge in [-0.2, -0.15) is 5.26 Å². The Labute approximate surface area is 113 Å². The minimum atomic E-state index is -0.824. The first-order valence-electron chi connectivity index (χ1n) is 6.21. The van der Waals surface area contributed by atoms with Crippen molar-refractivity contribution in [2.75, 3.05) is 0 Å². The molecular formula is C16H16N2O. The summed E-state index contributed by atoms with van der Waals surface area (Å²) in [4.78, 5) is 0. The molecule has 0 fully saturated rings. The lowest BCUT2D eigenvalue weighted by Gasteiger charge is -2.18. The molecule has 0 heterocycles. The lowest BCUT2D eigenvalue weighted by Crippen LogP contribution is -2.33. The normalized spacial score (nSPS) is 13.5. The summed E-state index contributed by atoms with van der Waals surface area (Å²) in [7, 11) is 0. The van der Waals surface area contributed by atoms with E-state index < -0.39 is 12.1 Å². The van der Waals surface area contributed by atoms with E-state index in [4.69, 9.17) is 5.26 Å². The predicted octanol–water partition coefficient (Wildman–Crippen LogP) is 2.40. The number of nitrogens with zero attached hydrogens (tertiary/aromatic N) is 1. The van der Waals surface area contributed by atoms with E-state index >= 15 is 0 Å². The Morgan fingerprint density at radius 2 is 1.58 bits per heavy atom. The topological polar surface area (TPSA) is 56.0 Å². The van der Waals surface area contributed by atoms with E-state index in [0.29, 0.717) is 6.54 Å². The van der Waals surface area contributed by atoms with Gasteiger partial charge in [0.05, 0.1) is 6.07 Å². The van der Waals surface area contributed by atoms with Gasteiger partial charge in [0, 0.05) is 6.54 Å². The van der Waals surface area contributed by atoms with E-state index in [1.54, 1.807) is 0 Å². The first-order valence-corrected chi connectivity index (χ1v) is 6.21. The van der Waals surface area contributed by atoms with Crippen LogP contribution in [0.3, 0.4) is 0 Å². The Hall–Kier alpha value is -2.15. The highest BCUT2D eigenvalue weighted by atomic mass is 16.3. The maximum atomic E-state index is 10.2. The molecular weight excluding hydrogens is 236 g/mol. The molecule has 2 aromatic rings. The lowest BCUT2D eigenvalue weighted by atomic mass is 10.0. The summed E-state index contributed by atoms with van der Waals surface area (Å²) in [6, 6.07) is 20.5. The number of aliphatic hydroxyl groups excluding tert-OH is 1. The highest BCUT2D eigenvalue weighted by Crippen LogP contribution is 2.16. The van der Waals surface area contributed by atoms with E-state index in [2.05, 4.69) is 11.4 Å².